The molecular weight excluding hydrogens is 528 g/mol. The maximum atomic E-state index is 12.9. The fraction of sp³-hybridized carbons (Fsp3) is 0.467. The van der Waals surface area contributed by atoms with E-state index in [0.717, 1.165) is 25.7 Å². The lowest BCUT2D eigenvalue weighted by Gasteiger charge is -2.21. The molecule has 0 spiro atoms. The number of urea groups is 1. The van der Waals surface area contributed by atoms with Gasteiger partial charge in [-0.25, -0.2) is 9.59 Å². The second-order valence-electron chi connectivity index (χ2n) is 9.92. The number of aliphatic carboxylic acids is 1. The van der Waals surface area contributed by atoms with Gasteiger partial charge in [0.1, 0.15) is 12.1 Å². The van der Waals surface area contributed by atoms with Gasteiger partial charge in [-0.2, -0.15) is 11.8 Å². The predicted octanol–water partition coefficient (Wildman–Crippen LogP) is 5.16. The van der Waals surface area contributed by atoms with Crippen LogP contribution >= 0.6 is 11.8 Å². The number of allylic oxidation sites excluding steroid dienone is 5. The minimum absolute atomic E-state index is 0.0618. The van der Waals surface area contributed by atoms with Crippen molar-refractivity contribution >= 4 is 41.3 Å². The number of thioether (sulfide) groups is 1. The molecule has 0 radical (unpaired) electrons. The van der Waals surface area contributed by atoms with Gasteiger partial charge in [-0.05, 0) is 71.9 Å². The number of nitrogens with two attached hydrogens (primary N) is 1. The van der Waals surface area contributed by atoms with Gasteiger partial charge in [-0.3, -0.25) is 9.59 Å². The molecular formula is C30H44N4O5S. The largest absolute Gasteiger partial charge is 0.480 e. The van der Waals surface area contributed by atoms with Crippen molar-refractivity contribution in [3.05, 3.63) is 65.3 Å². The molecule has 0 heterocycles. The van der Waals surface area contributed by atoms with E-state index in [1.54, 1.807) is 30.3 Å². The molecule has 6 N–H and O–H groups in total. The monoisotopic (exact) mass is 572 g/mol. The molecule has 0 saturated carbocycles. The van der Waals surface area contributed by atoms with Crippen molar-refractivity contribution in [2.45, 2.75) is 78.3 Å². The van der Waals surface area contributed by atoms with Crippen LogP contribution in [0.1, 0.15) is 66.2 Å². The molecule has 40 heavy (non-hydrogen) atoms. The number of carboxylic acids is 1. The van der Waals surface area contributed by atoms with E-state index in [1.807, 2.05) is 0 Å². The van der Waals surface area contributed by atoms with Gasteiger partial charge >= 0.3 is 12.0 Å². The molecule has 0 aliphatic rings. The Morgan fingerprint density at radius 3 is 2.10 bits per heavy atom. The zero-order valence-electron chi connectivity index (χ0n) is 24.0. The normalized spacial score (nSPS) is 13.1. The Morgan fingerprint density at radius 2 is 1.50 bits per heavy atom. The molecule has 0 aromatic heterocycles. The summed E-state index contributed by atoms with van der Waals surface area (Å²) in [7, 11) is 0. The third kappa shape index (κ3) is 16.4. The molecule has 1 aromatic rings. The molecule has 0 saturated heterocycles. The number of carboxylic acid groups (broad SMARTS) is 1. The van der Waals surface area contributed by atoms with E-state index in [2.05, 4.69) is 61.9 Å². The number of carbonyl (C=O) groups excluding carboxylic acids is 3. The van der Waals surface area contributed by atoms with Crippen LogP contribution in [-0.4, -0.2) is 52.5 Å². The van der Waals surface area contributed by atoms with Crippen LogP contribution in [0.25, 0.3) is 0 Å². The summed E-state index contributed by atoms with van der Waals surface area (Å²) in [5, 5.41) is 17.2. The summed E-state index contributed by atoms with van der Waals surface area (Å²) in [6.45, 7) is 8.41. The van der Waals surface area contributed by atoms with E-state index in [-0.39, 0.29) is 18.6 Å². The first-order valence-corrected chi connectivity index (χ1v) is 14.6. The van der Waals surface area contributed by atoms with Crippen molar-refractivity contribution in [2.75, 3.05) is 16.8 Å². The Balaban J connectivity index is 2.59. The van der Waals surface area contributed by atoms with Crippen molar-refractivity contribution in [3.63, 3.8) is 0 Å². The van der Waals surface area contributed by atoms with Crippen molar-refractivity contribution in [3.8, 4) is 0 Å². The quantitative estimate of drug-likeness (QED) is 0.121. The van der Waals surface area contributed by atoms with Crippen LogP contribution in [0, 0.1) is 0 Å². The Labute approximate surface area is 242 Å². The summed E-state index contributed by atoms with van der Waals surface area (Å²) in [4.78, 5) is 48.4. The van der Waals surface area contributed by atoms with Gasteiger partial charge in [0.25, 0.3) is 0 Å². The van der Waals surface area contributed by atoms with Crippen molar-refractivity contribution in [2.24, 2.45) is 5.73 Å². The number of nitrogens with one attached hydrogen (secondary N) is 3. The van der Waals surface area contributed by atoms with Crippen molar-refractivity contribution in [1.82, 2.24) is 10.6 Å². The summed E-state index contributed by atoms with van der Waals surface area (Å²) in [5.41, 5.74) is 9.66. The highest BCUT2D eigenvalue weighted by Gasteiger charge is 2.27. The van der Waals surface area contributed by atoms with Crippen LogP contribution in [0.15, 0.2) is 65.3 Å². The smallest absolute Gasteiger partial charge is 0.327 e. The van der Waals surface area contributed by atoms with Crippen molar-refractivity contribution in [1.29, 1.82) is 0 Å². The third-order valence-corrected chi connectivity index (χ3v) is 6.88. The molecule has 4 amide bonds. The Bertz CT molecular complexity index is 1070. The van der Waals surface area contributed by atoms with Gasteiger partial charge < -0.3 is 26.8 Å². The highest BCUT2D eigenvalue weighted by Crippen LogP contribution is 2.13. The highest BCUT2D eigenvalue weighted by atomic mass is 32.2. The molecule has 10 heteroatoms. The van der Waals surface area contributed by atoms with E-state index in [1.165, 1.54) is 28.5 Å². The topological polar surface area (TPSA) is 151 Å². The molecule has 0 fully saturated rings. The molecule has 0 aliphatic carbocycles. The van der Waals surface area contributed by atoms with Gasteiger partial charge in [0.2, 0.25) is 11.8 Å². The van der Waals surface area contributed by atoms with Gasteiger partial charge in [-0.1, -0.05) is 53.1 Å². The second kappa shape index (κ2) is 19.5. The number of anilines is 1. The second-order valence-corrected chi connectivity index (χ2v) is 11.0. The lowest BCUT2D eigenvalue weighted by atomic mass is 10.1. The third-order valence-electron chi connectivity index (χ3n) is 5.90. The fourth-order valence-corrected chi connectivity index (χ4v) is 4.58. The zero-order valence-corrected chi connectivity index (χ0v) is 24.8. The van der Waals surface area contributed by atoms with Crippen molar-refractivity contribution < 1.29 is 24.3 Å². The summed E-state index contributed by atoms with van der Waals surface area (Å²) in [6.07, 6.45) is 10.4. The molecule has 9 nitrogen and oxygen atoms in total. The average Bonchev–Trinajstić information content (AvgIpc) is 2.88. The maximum absolute atomic E-state index is 12.9. The van der Waals surface area contributed by atoms with Crippen LogP contribution in [0.5, 0.6) is 0 Å². The molecule has 1 unspecified atom stereocenters. The molecule has 0 aliphatic heterocycles. The minimum Gasteiger partial charge on any atom is -0.480 e. The summed E-state index contributed by atoms with van der Waals surface area (Å²) in [5.74, 6) is -1.76. The van der Waals surface area contributed by atoms with E-state index in [4.69, 9.17) is 5.73 Å². The lowest BCUT2D eigenvalue weighted by Crippen LogP contribution is -2.53. The summed E-state index contributed by atoms with van der Waals surface area (Å²) in [6, 6.07) is 5.68. The van der Waals surface area contributed by atoms with Crippen LogP contribution in [0.3, 0.4) is 0 Å². The summed E-state index contributed by atoms with van der Waals surface area (Å²) >= 11 is 1.39. The molecule has 1 rings (SSSR count). The number of benzene rings is 1. The molecule has 0 bridgehead atoms. The first-order chi connectivity index (χ1) is 19.0. The van der Waals surface area contributed by atoms with E-state index in [0.29, 0.717) is 11.4 Å². The van der Waals surface area contributed by atoms with Crippen LogP contribution in [-0.2, 0) is 14.4 Å². The molecule has 2 atom stereocenters. The van der Waals surface area contributed by atoms with Gasteiger partial charge in [0.05, 0.1) is 0 Å². The number of hydrogen-bond acceptors (Lipinski definition) is 5. The van der Waals surface area contributed by atoms with E-state index < -0.39 is 35.9 Å². The minimum atomic E-state index is -1.18. The Morgan fingerprint density at radius 1 is 0.875 bits per heavy atom. The van der Waals surface area contributed by atoms with Crippen LogP contribution < -0.4 is 21.7 Å². The number of rotatable bonds is 18. The molecule has 1 aromatic carbocycles. The van der Waals surface area contributed by atoms with Gasteiger partial charge in [-0.15, -0.1) is 0 Å². The molecule has 220 valence electrons. The Kier molecular flexibility index (Phi) is 16.8. The summed E-state index contributed by atoms with van der Waals surface area (Å²) < 4.78 is 0. The SMILES string of the molecule is CC(C)=CCCC(C)=CCCC(C)=CCSC[C@H](NC(=O)C(CCC(N)=O)NC(=O)Nc1ccccc1)C(=O)O. The lowest BCUT2D eigenvalue weighted by molar-refractivity contribution is -0.141. The van der Waals surface area contributed by atoms with E-state index >= 15 is 0 Å². The van der Waals surface area contributed by atoms with Crippen LogP contribution in [0.2, 0.25) is 0 Å². The van der Waals surface area contributed by atoms with Gasteiger partial charge in [0, 0.05) is 23.6 Å². The van der Waals surface area contributed by atoms with Crippen LogP contribution in [0.4, 0.5) is 10.5 Å². The fourth-order valence-electron chi connectivity index (χ4n) is 3.58. The zero-order chi connectivity index (χ0) is 29.9. The van der Waals surface area contributed by atoms with E-state index in [9.17, 15) is 24.3 Å². The first kappa shape index (κ1) is 34.5. The first-order valence-electron chi connectivity index (χ1n) is 13.4. The number of hydrogen-bond donors (Lipinski definition) is 5. The Hall–Kier alpha value is -3.53. The average molecular weight is 573 g/mol. The number of para-hydroxylation sites is 1. The number of primary amides is 1. The predicted molar refractivity (Wildman–Crippen MR) is 163 cm³/mol. The number of carbonyl (C=O) groups is 4. The standard InChI is InChI=1S/C30H44N4O5S/c1-21(2)10-8-11-22(3)12-9-13-23(4)18-19-40-20-26(29(37)38)33-28(36)25(16-17-27(31)35)34-30(39)32-24-14-6-5-7-15-24/h5-7,10,12,14-15,18,25-26H,8-9,11,13,16-17,19-20H2,1-4H3,(H2,31,35)(H,33,36)(H,37,38)(H2,32,34,39)/t25?,26-/m0/s1. The number of amides is 4. The van der Waals surface area contributed by atoms with Gasteiger partial charge in [0.15, 0.2) is 0 Å². The maximum Gasteiger partial charge on any atom is 0.327 e. The highest BCUT2D eigenvalue weighted by molar-refractivity contribution is 7.99.